The van der Waals surface area contributed by atoms with E-state index in [9.17, 15) is 14.7 Å². The zero-order valence-electron chi connectivity index (χ0n) is 12.6. The molecule has 2 atom stereocenters. The lowest BCUT2D eigenvalue weighted by atomic mass is 10.0. The third-order valence-electron chi connectivity index (χ3n) is 3.68. The molecular weight excluding hydrogens is 286 g/mol. The van der Waals surface area contributed by atoms with Gasteiger partial charge in [0.05, 0.1) is 5.75 Å². The van der Waals surface area contributed by atoms with Gasteiger partial charge in [0.2, 0.25) is 5.91 Å². The van der Waals surface area contributed by atoms with E-state index in [-0.39, 0.29) is 17.2 Å². The molecule has 5 heteroatoms. The quantitative estimate of drug-likeness (QED) is 0.908. The number of nitrogens with zero attached hydrogens (tertiary/aromatic N) is 1. The molecule has 0 bridgehead atoms. The maximum Gasteiger partial charge on any atom is 0.326 e. The van der Waals surface area contributed by atoms with Crippen LogP contribution in [0.5, 0.6) is 0 Å². The van der Waals surface area contributed by atoms with Crippen molar-refractivity contribution < 1.29 is 14.7 Å². The summed E-state index contributed by atoms with van der Waals surface area (Å²) in [6.07, 6.45) is 0.476. The van der Waals surface area contributed by atoms with Crippen LogP contribution in [0.4, 0.5) is 0 Å². The molecule has 1 amide bonds. The van der Waals surface area contributed by atoms with Gasteiger partial charge in [0.25, 0.3) is 0 Å². The van der Waals surface area contributed by atoms with Gasteiger partial charge in [-0.05, 0) is 30.4 Å². The minimum Gasteiger partial charge on any atom is -0.480 e. The molecule has 1 fully saturated rings. The zero-order valence-corrected chi connectivity index (χ0v) is 13.4. The highest BCUT2D eigenvalue weighted by Crippen LogP contribution is 2.42. The van der Waals surface area contributed by atoms with Crippen LogP contribution < -0.4 is 0 Å². The van der Waals surface area contributed by atoms with Gasteiger partial charge in [-0.1, -0.05) is 38.1 Å². The van der Waals surface area contributed by atoms with Crippen LogP contribution in [0.1, 0.15) is 36.8 Å². The van der Waals surface area contributed by atoms with Gasteiger partial charge < -0.3 is 10.0 Å². The number of carboxylic acid groups (broad SMARTS) is 1. The average molecular weight is 307 g/mol. The lowest BCUT2D eigenvalue weighted by molar-refractivity contribution is -0.150. The summed E-state index contributed by atoms with van der Waals surface area (Å²) in [7, 11) is 0. The van der Waals surface area contributed by atoms with Crippen molar-refractivity contribution >= 4 is 23.6 Å². The summed E-state index contributed by atoms with van der Waals surface area (Å²) in [5.41, 5.74) is 2.12. The first-order chi connectivity index (χ1) is 9.91. The van der Waals surface area contributed by atoms with Crippen molar-refractivity contribution in [2.45, 2.75) is 38.6 Å². The van der Waals surface area contributed by atoms with Crippen molar-refractivity contribution in [3.8, 4) is 0 Å². The van der Waals surface area contributed by atoms with E-state index < -0.39 is 12.0 Å². The summed E-state index contributed by atoms with van der Waals surface area (Å²) in [6.45, 7) is 5.95. The van der Waals surface area contributed by atoms with Crippen LogP contribution in [0.15, 0.2) is 24.3 Å². The number of aryl methyl sites for hydroxylation is 1. The molecule has 114 valence electrons. The first-order valence-electron chi connectivity index (χ1n) is 7.13. The molecule has 0 aromatic heterocycles. The largest absolute Gasteiger partial charge is 0.480 e. The monoisotopic (exact) mass is 307 g/mol. The number of carbonyl (C=O) groups is 2. The molecule has 1 aliphatic rings. The minimum absolute atomic E-state index is 0.0821. The topological polar surface area (TPSA) is 57.6 Å². The number of carbonyl (C=O) groups excluding carboxylic acids is 1. The number of aliphatic carboxylic acids is 1. The van der Waals surface area contributed by atoms with E-state index >= 15 is 0 Å². The Morgan fingerprint density at radius 1 is 1.43 bits per heavy atom. The molecule has 21 heavy (non-hydrogen) atoms. The van der Waals surface area contributed by atoms with Gasteiger partial charge in [-0.25, -0.2) is 4.79 Å². The Bertz CT molecular complexity index is 544. The Kier molecular flexibility index (Phi) is 4.93. The van der Waals surface area contributed by atoms with Gasteiger partial charge >= 0.3 is 5.97 Å². The predicted octanol–water partition coefficient (Wildman–Crippen LogP) is 3.07. The Balaban J connectivity index is 2.36. The number of rotatable bonds is 5. The molecule has 1 N–H and O–H groups in total. The summed E-state index contributed by atoms with van der Waals surface area (Å²) < 4.78 is 0. The zero-order chi connectivity index (χ0) is 15.6. The van der Waals surface area contributed by atoms with E-state index in [0.29, 0.717) is 12.2 Å². The van der Waals surface area contributed by atoms with Gasteiger partial charge in [0, 0.05) is 0 Å². The molecule has 1 aromatic carbocycles. The highest BCUT2D eigenvalue weighted by molar-refractivity contribution is 8.00. The lowest BCUT2D eigenvalue weighted by Crippen LogP contribution is -2.44. The minimum atomic E-state index is -0.918. The number of amides is 1. The van der Waals surface area contributed by atoms with E-state index in [1.165, 1.54) is 11.8 Å². The van der Waals surface area contributed by atoms with Gasteiger partial charge in [0.15, 0.2) is 0 Å². The molecule has 2 unspecified atom stereocenters. The van der Waals surface area contributed by atoms with Crippen molar-refractivity contribution in [2.75, 3.05) is 5.75 Å². The number of carboxylic acids is 1. The Morgan fingerprint density at radius 3 is 2.67 bits per heavy atom. The van der Waals surface area contributed by atoms with Gasteiger partial charge in [-0.2, -0.15) is 0 Å². The average Bonchev–Trinajstić information content (AvgIpc) is 2.78. The summed E-state index contributed by atoms with van der Waals surface area (Å²) in [4.78, 5) is 25.4. The molecule has 1 aromatic rings. The second-order valence-electron chi connectivity index (χ2n) is 5.80. The van der Waals surface area contributed by atoms with Gasteiger partial charge in [-0.15, -0.1) is 11.8 Å². The van der Waals surface area contributed by atoms with Gasteiger partial charge in [0.1, 0.15) is 11.4 Å². The molecule has 4 nitrogen and oxygen atoms in total. The Labute approximate surface area is 129 Å². The smallest absolute Gasteiger partial charge is 0.326 e. The van der Waals surface area contributed by atoms with E-state index in [2.05, 4.69) is 0 Å². The number of thioether (sulfide) groups is 1. The summed E-state index contributed by atoms with van der Waals surface area (Å²) in [6, 6.07) is 7.11. The highest BCUT2D eigenvalue weighted by Gasteiger charge is 2.41. The molecule has 0 saturated carbocycles. The molecule has 2 rings (SSSR count). The van der Waals surface area contributed by atoms with E-state index in [1.54, 1.807) is 4.90 Å². The van der Waals surface area contributed by atoms with E-state index in [0.717, 1.165) is 11.1 Å². The molecule has 1 heterocycles. The fourth-order valence-corrected chi connectivity index (χ4v) is 3.98. The molecule has 0 aliphatic carbocycles. The number of hydrogen-bond acceptors (Lipinski definition) is 3. The van der Waals surface area contributed by atoms with Crippen molar-refractivity contribution in [2.24, 2.45) is 5.92 Å². The third kappa shape index (κ3) is 3.40. The normalized spacial score (nSPS) is 20.1. The Morgan fingerprint density at radius 2 is 2.10 bits per heavy atom. The van der Waals surface area contributed by atoms with Crippen molar-refractivity contribution in [1.29, 1.82) is 0 Å². The van der Waals surface area contributed by atoms with Crippen LogP contribution >= 0.6 is 11.8 Å². The first-order valence-corrected chi connectivity index (χ1v) is 8.17. The van der Waals surface area contributed by atoms with E-state index in [1.807, 2.05) is 45.0 Å². The molecular formula is C16H21NO3S. The summed E-state index contributed by atoms with van der Waals surface area (Å²) in [5, 5.41) is 9.34. The Hall–Kier alpha value is -1.49. The van der Waals surface area contributed by atoms with Crippen molar-refractivity contribution in [3.63, 3.8) is 0 Å². The fraction of sp³-hybridized carbons (Fsp3) is 0.500. The van der Waals surface area contributed by atoms with E-state index in [4.69, 9.17) is 0 Å². The second kappa shape index (κ2) is 6.52. The third-order valence-corrected chi connectivity index (χ3v) is 4.89. The number of hydrogen-bond donors (Lipinski definition) is 1. The van der Waals surface area contributed by atoms with Crippen LogP contribution in [-0.2, 0) is 9.59 Å². The van der Waals surface area contributed by atoms with Crippen LogP contribution in [0.25, 0.3) is 0 Å². The maximum atomic E-state index is 12.2. The first kappa shape index (κ1) is 15.9. The number of benzene rings is 1. The summed E-state index contributed by atoms with van der Waals surface area (Å²) >= 11 is 1.51. The fourth-order valence-electron chi connectivity index (χ4n) is 2.66. The maximum absolute atomic E-state index is 12.2. The summed E-state index contributed by atoms with van der Waals surface area (Å²) in [5.74, 6) is -0.428. The highest BCUT2D eigenvalue weighted by atomic mass is 32.2. The van der Waals surface area contributed by atoms with Gasteiger partial charge in [-0.3, -0.25) is 4.79 Å². The molecule has 0 radical (unpaired) electrons. The lowest BCUT2D eigenvalue weighted by Gasteiger charge is -2.31. The van der Waals surface area contributed by atoms with Crippen LogP contribution in [-0.4, -0.2) is 33.7 Å². The predicted molar refractivity (Wildman–Crippen MR) is 84.1 cm³/mol. The van der Waals surface area contributed by atoms with Crippen LogP contribution in [0, 0.1) is 12.8 Å². The van der Waals surface area contributed by atoms with Crippen LogP contribution in [0.3, 0.4) is 0 Å². The standard InChI is InChI=1S/C16H21NO3S/c1-10(2)8-13(16(19)20)17-14(18)9-21-15(17)12-7-5-4-6-11(12)3/h4-7,10,13,15H,8-9H2,1-3H3,(H,19,20). The SMILES string of the molecule is Cc1ccccc1C1SCC(=O)N1C(CC(C)C)C(=O)O. The van der Waals surface area contributed by atoms with Crippen molar-refractivity contribution in [3.05, 3.63) is 35.4 Å². The van der Waals surface area contributed by atoms with Crippen molar-refractivity contribution in [1.82, 2.24) is 4.90 Å². The second-order valence-corrected chi connectivity index (χ2v) is 6.87. The van der Waals surface area contributed by atoms with Crippen LogP contribution in [0.2, 0.25) is 0 Å². The molecule has 1 aliphatic heterocycles. The molecule has 1 saturated heterocycles. The molecule has 0 spiro atoms.